The van der Waals surface area contributed by atoms with E-state index in [4.69, 9.17) is 0 Å². The van der Waals surface area contributed by atoms with Crippen molar-refractivity contribution in [3.8, 4) is 5.75 Å². The van der Waals surface area contributed by atoms with Crippen LogP contribution in [-0.2, 0) is 4.79 Å². The third-order valence-electron chi connectivity index (χ3n) is 1.92. The van der Waals surface area contributed by atoms with Crippen LogP contribution in [0.25, 0.3) is 0 Å². The van der Waals surface area contributed by atoms with Gasteiger partial charge in [-0.25, -0.2) is 0 Å². The summed E-state index contributed by atoms with van der Waals surface area (Å²) in [5.74, 6) is -0.0724. The van der Waals surface area contributed by atoms with Gasteiger partial charge < -0.3 is 10.4 Å². The SMILES string of the molecule is CC(=O)Nc1cc(C)c(C)cc1O. The summed E-state index contributed by atoms with van der Waals surface area (Å²) in [7, 11) is 0. The largest absolute Gasteiger partial charge is 0.506 e. The van der Waals surface area contributed by atoms with Crippen molar-refractivity contribution in [1.29, 1.82) is 0 Å². The highest BCUT2D eigenvalue weighted by Gasteiger charge is 2.04. The van der Waals surface area contributed by atoms with Gasteiger partial charge in [-0.1, -0.05) is 0 Å². The lowest BCUT2D eigenvalue weighted by molar-refractivity contribution is -0.114. The number of rotatable bonds is 1. The molecule has 0 aliphatic carbocycles. The molecule has 0 saturated heterocycles. The lowest BCUT2D eigenvalue weighted by Crippen LogP contribution is -2.06. The van der Waals surface area contributed by atoms with Crippen molar-refractivity contribution in [3.05, 3.63) is 23.3 Å². The Hall–Kier alpha value is -1.51. The van der Waals surface area contributed by atoms with Crippen molar-refractivity contribution in [1.82, 2.24) is 0 Å². The minimum Gasteiger partial charge on any atom is -0.506 e. The van der Waals surface area contributed by atoms with E-state index in [1.807, 2.05) is 13.8 Å². The molecule has 1 aromatic carbocycles. The zero-order chi connectivity index (χ0) is 10.0. The van der Waals surface area contributed by atoms with Crippen LogP contribution < -0.4 is 5.32 Å². The number of aromatic hydroxyl groups is 1. The summed E-state index contributed by atoms with van der Waals surface area (Å²) in [6.45, 7) is 5.25. The number of anilines is 1. The molecule has 0 heterocycles. The highest BCUT2D eigenvalue weighted by Crippen LogP contribution is 2.26. The third kappa shape index (κ3) is 2.21. The number of phenolic OH excluding ortho intramolecular Hbond substituents is 1. The molecule has 3 nitrogen and oxygen atoms in total. The third-order valence-corrected chi connectivity index (χ3v) is 1.92. The predicted molar refractivity (Wildman–Crippen MR) is 51.9 cm³/mol. The van der Waals surface area contributed by atoms with Crippen molar-refractivity contribution in [3.63, 3.8) is 0 Å². The highest BCUT2D eigenvalue weighted by molar-refractivity contribution is 5.90. The molecule has 0 fully saturated rings. The van der Waals surface area contributed by atoms with Crippen LogP contribution in [0.3, 0.4) is 0 Å². The van der Waals surface area contributed by atoms with E-state index in [-0.39, 0.29) is 11.7 Å². The first kappa shape index (κ1) is 9.58. The van der Waals surface area contributed by atoms with Crippen LogP contribution >= 0.6 is 0 Å². The maximum atomic E-state index is 10.7. The zero-order valence-electron chi connectivity index (χ0n) is 8.01. The molecule has 2 N–H and O–H groups in total. The van der Waals surface area contributed by atoms with E-state index >= 15 is 0 Å². The van der Waals surface area contributed by atoms with Gasteiger partial charge in [-0.05, 0) is 37.1 Å². The Morgan fingerprint density at radius 1 is 1.31 bits per heavy atom. The van der Waals surface area contributed by atoms with Gasteiger partial charge in [0.05, 0.1) is 5.69 Å². The second-order valence-corrected chi connectivity index (χ2v) is 3.13. The van der Waals surface area contributed by atoms with Gasteiger partial charge in [0, 0.05) is 6.92 Å². The molecule has 1 rings (SSSR count). The molecule has 0 saturated carbocycles. The van der Waals surface area contributed by atoms with Gasteiger partial charge >= 0.3 is 0 Å². The second-order valence-electron chi connectivity index (χ2n) is 3.13. The fourth-order valence-corrected chi connectivity index (χ4v) is 1.09. The Labute approximate surface area is 77.4 Å². The fourth-order valence-electron chi connectivity index (χ4n) is 1.09. The summed E-state index contributed by atoms with van der Waals surface area (Å²) >= 11 is 0. The first-order valence-corrected chi connectivity index (χ1v) is 4.08. The molecule has 1 aromatic rings. The lowest BCUT2D eigenvalue weighted by atomic mass is 10.1. The van der Waals surface area contributed by atoms with Gasteiger partial charge in [-0.15, -0.1) is 0 Å². The molecule has 0 aliphatic heterocycles. The van der Waals surface area contributed by atoms with E-state index in [1.165, 1.54) is 6.92 Å². The van der Waals surface area contributed by atoms with Crippen LogP contribution in [0.1, 0.15) is 18.1 Å². The molecular formula is C10H13NO2. The summed E-state index contributed by atoms with van der Waals surface area (Å²) in [5.41, 5.74) is 2.52. The van der Waals surface area contributed by atoms with E-state index in [0.29, 0.717) is 5.69 Å². The number of amides is 1. The van der Waals surface area contributed by atoms with Gasteiger partial charge in [0.1, 0.15) is 5.75 Å². The Morgan fingerprint density at radius 2 is 1.85 bits per heavy atom. The number of hydrogen-bond donors (Lipinski definition) is 2. The summed E-state index contributed by atoms with van der Waals surface area (Å²) in [6.07, 6.45) is 0. The van der Waals surface area contributed by atoms with Gasteiger partial charge in [0.25, 0.3) is 0 Å². The molecular weight excluding hydrogens is 166 g/mol. The van der Waals surface area contributed by atoms with Crippen LogP contribution in [0.15, 0.2) is 12.1 Å². The molecule has 1 amide bonds. The number of aryl methyl sites for hydroxylation is 2. The monoisotopic (exact) mass is 179 g/mol. The number of phenols is 1. The fraction of sp³-hybridized carbons (Fsp3) is 0.300. The van der Waals surface area contributed by atoms with Crippen LogP contribution in [0, 0.1) is 13.8 Å². The first-order chi connectivity index (χ1) is 6.00. The van der Waals surface area contributed by atoms with Gasteiger partial charge in [0.15, 0.2) is 0 Å². The van der Waals surface area contributed by atoms with Crippen LogP contribution in [0.2, 0.25) is 0 Å². The Bertz CT molecular complexity index is 345. The average Bonchev–Trinajstić information content (AvgIpc) is 1.99. The van der Waals surface area contributed by atoms with Gasteiger partial charge in [-0.2, -0.15) is 0 Å². The molecule has 0 unspecified atom stereocenters. The van der Waals surface area contributed by atoms with Crippen molar-refractivity contribution in [2.45, 2.75) is 20.8 Å². The Morgan fingerprint density at radius 3 is 2.38 bits per heavy atom. The van der Waals surface area contributed by atoms with Gasteiger partial charge in [0.2, 0.25) is 5.91 Å². The van der Waals surface area contributed by atoms with Crippen LogP contribution in [-0.4, -0.2) is 11.0 Å². The molecule has 0 radical (unpaired) electrons. The van der Waals surface area contributed by atoms with E-state index in [0.717, 1.165) is 11.1 Å². The standard InChI is InChI=1S/C10H13NO2/c1-6-4-9(11-8(3)12)10(13)5-7(6)2/h4-5,13H,1-3H3,(H,11,12). The molecule has 0 atom stereocenters. The number of benzene rings is 1. The molecule has 3 heteroatoms. The number of nitrogens with one attached hydrogen (secondary N) is 1. The first-order valence-electron chi connectivity index (χ1n) is 4.08. The quantitative estimate of drug-likeness (QED) is 0.647. The highest BCUT2D eigenvalue weighted by atomic mass is 16.3. The number of carbonyl (C=O) groups is 1. The zero-order valence-corrected chi connectivity index (χ0v) is 8.01. The van der Waals surface area contributed by atoms with E-state index in [9.17, 15) is 9.90 Å². The lowest BCUT2D eigenvalue weighted by Gasteiger charge is -2.08. The second kappa shape index (κ2) is 3.47. The summed E-state index contributed by atoms with van der Waals surface area (Å²) in [5, 5.41) is 12.0. The van der Waals surface area contributed by atoms with Crippen molar-refractivity contribution < 1.29 is 9.90 Å². The summed E-state index contributed by atoms with van der Waals surface area (Å²) in [4.78, 5) is 10.7. The smallest absolute Gasteiger partial charge is 0.221 e. The maximum Gasteiger partial charge on any atom is 0.221 e. The minimum absolute atomic E-state index is 0.110. The van der Waals surface area contributed by atoms with Crippen LogP contribution in [0.4, 0.5) is 5.69 Å². The van der Waals surface area contributed by atoms with Crippen molar-refractivity contribution in [2.75, 3.05) is 5.32 Å². The predicted octanol–water partition coefficient (Wildman–Crippen LogP) is 1.97. The topological polar surface area (TPSA) is 49.3 Å². The summed E-state index contributed by atoms with van der Waals surface area (Å²) < 4.78 is 0. The molecule has 70 valence electrons. The summed E-state index contributed by atoms with van der Waals surface area (Å²) in [6, 6.07) is 3.40. The normalized spacial score (nSPS) is 9.77. The van der Waals surface area contributed by atoms with Crippen molar-refractivity contribution in [2.24, 2.45) is 0 Å². The molecule has 0 spiro atoms. The van der Waals surface area contributed by atoms with Crippen molar-refractivity contribution >= 4 is 11.6 Å². The molecule has 0 aromatic heterocycles. The number of hydrogen-bond acceptors (Lipinski definition) is 2. The van der Waals surface area contributed by atoms with E-state index in [1.54, 1.807) is 12.1 Å². The van der Waals surface area contributed by atoms with E-state index in [2.05, 4.69) is 5.32 Å². The molecule has 13 heavy (non-hydrogen) atoms. The Balaban J connectivity index is 3.08. The van der Waals surface area contributed by atoms with E-state index < -0.39 is 0 Å². The molecule has 0 aliphatic rings. The average molecular weight is 179 g/mol. The maximum absolute atomic E-state index is 10.7. The minimum atomic E-state index is -0.182. The van der Waals surface area contributed by atoms with Gasteiger partial charge in [-0.3, -0.25) is 4.79 Å². The number of carbonyl (C=O) groups excluding carboxylic acids is 1. The Kier molecular flexibility index (Phi) is 2.56. The molecule has 0 bridgehead atoms. The van der Waals surface area contributed by atoms with Crippen LogP contribution in [0.5, 0.6) is 5.75 Å².